The number of piperidine rings is 1. The molecule has 0 aliphatic carbocycles. The normalized spacial score (nSPS) is 15.1. The first-order valence-electron chi connectivity index (χ1n) is 10.6. The molecule has 0 spiro atoms. The molecule has 1 aliphatic heterocycles. The second-order valence-corrected chi connectivity index (χ2v) is 8.99. The Morgan fingerprint density at radius 2 is 1.60 bits per heavy atom. The van der Waals surface area contributed by atoms with E-state index in [4.69, 9.17) is 0 Å². The van der Waals surface area contributed by atoms with E-state index in [1.807, 2.05) is 36.4 Å². The van der Waals surface area contributed by atoms with Gasteiger partial charge in [0.25, 0.3) is 0 Å². The van der Waals surface area contributed by atoms with Crippen LogP contribution in [-0.4, -0.2) is 23.9 Å². The number of anilines is 1. The van der Waals surface area contributed by atoms with E-state index in [0.717, 1.165) is 43.1 Å². The van der Waals surface area contributed by atoms with Crippen molar-refractivity contribution < 1.29 is 4.79 Å². The Balaban J connectivity index is 1.34. The van der Waals surface area contributed by atoms with Crippen LogP contribution in [0.5, 0.6) is 0 Å². The SMILES string of the molecule is Cc1ccccc1CN1CCC(C(=O)Nc2ccccc2Sc2ccccc2)CC1. The summed E-state index contributed by atoms with van der Waals surface area (Å²) in [5, 5.41) is 3.20. The van der Waals surface area contributed by atoms with Gasteiger partial charge < -0.3 is 5.32 Å². The van der Waals surface area contributed by atoms with Crippen LogP contribution >= 0.6 is 11.8 Å². The highest BCUT2D eigenvalue weighted by Gasteiger charge is 2.25. The third-order valence-corrected chi connectivity index (χ3v) is 6.81. The number of aryl methyl sites for hydroxylation is 1. The Hall–Kier alpha value is -2.56. The standard InChI is InChI=1S/C26H28N2OS/c1-20-9-5-6-10-22(20)19-28-17-15-21(16-18-28)26(29)27-24-13-7-8-14-25(24)30-23-11-3-2-4-12-23/h2-14,21H,15-19H2,1H3,(H,27,29). The Labute approximate surface area is 183 Å². The summed E-state index contributed by atoms with van der Waals surface area (Å²) >= 11 is 1.68. The molecule has 1 heterocycles. The van der Waals surface area contributed by atoms with Crippen LogP contribution in [-0.2, 0) is 11.3 Å². The number of nitrogens with zero attached hydrogens (tertiary/aromatic N) is 1. The van der Waals surface area contributed by atoms with Crippen molar-refractivity contribution in [1.29, 1.82) is 0 Å². The summed E-state index contributed by atoms with van der Waals surface area (Å²) in [7, 11) is 0. The minimum absolute atomic E-state index is 0.0768. The van der Waals surface area contributed by atoms with Gasteiger partial charge in [-0.1, -0.05) is 66.4 Å². The van der Waals surface area contributed by atoms with Crippen LogP contribution in [0, 0.1) is 12.8 Å². The summed E-state index contributed by atoms with van der Waals surface area (Å²) in [6.07, 6.45) is 1.82. The number of amides is 1. The van der Waals surface area contributed by atoms with Gasteiger partial charge in [-0.2, -0.15) is 0 Å². The minimum Gasteiger partial charge on any atom is -0.325 e. The zero-order valence-corrected chi connectivity index (χ0v) is 18.2. The van der Waals surface area contributed by atoms with Gasteiger partial charge in [0.15, 0.2) is 0 Å². The molecule has 1 aliphatic rings. The summed E-state index contributed by atoms with van der Waals surface area (Å²) in [6.45, 7) is 5.07. The summed E-state index contributed by atoms with van der Waals surface area (Å²) in [6, 6.07) is 26.9. The highest BCUT2D eigenvalue weighted by Crippen LogP contribution is 2.33. The van der Waals surface area contributed by atoms with Crippen molar-refractivity contribution in [3.63, 3.8) is 0 Å². The van der Waals surface area contributed by atoms with Gasteiger partial charge in [-0.05, 0) is 68.2 Å². The number of hydrogen-bond donors (Lipinski definition) is 1. The molecule has 0 unspecified atom stereocenters. The lowest BCUT2D eigenvalue weighted by Gasteiger charge is -2.31. The van der Waals surface area contributed by atoms with Gasteiger partial charge in [0, 0.05) is 22.3 Å². The molecule has 0 radical (unpaired) electrons. The van der Waals surface area contributed by atoms with Crippen LogP contribution in [0.2, 0.25) is 0 Å². The molecule has 3 aromatic rings. The first-order chi connectivity index (χ1) is 14.7. The van der Waals surface area contributed by atoms with Crippen LogP contribution in [0.25, 0.3) is 0 Å². The predicted molar refractivity (Wildman–Crippen MR) is 125 cm³/mol. The van der Waals surface area contributed by atoms with Crippen LogP contribution in [0.3, 0.4) is 0 Å². The van der Waals surface area contributed by atoms with E-state index < -0.39 is 0 Å². The fraction of sp³-hybridized carbons (Fsp3) is 0.269. The fourth-order valence-corrected chi connectivity index (χ4v) is 4.81. The lowest BCUT2D eigenvalue weighted by atomic mass is 9.95. The van der Waals surface area contributed by atoms with E-state index in [2.05, 4.69) is 59.6 Å². The van der Waals surface area contributed by atoms with Crippen LogP contribution in [0.15, 0.2) is 88.7 Å². The fourth-order valence-electron chi connectivity index (χ4n) is 3.89. The van der Waals surface area contributed by atoms with Crippen molar-refractivity contribution in [2.24, 2.45) is 5.92 Å². The highest BCUT2D eigenvalue weighted by molar-refractivity contribution is 7.99. The molecule has 0 atom stereocenters. The first kappa shape index (κ1) is 20.7. The van der Waals surface area contributed by atoms with E-state index in [1.54, 1.807) is 11.8 Å². The van der Waals surface area contributed by atoms with Crippen LogP contribution in [0.4, 0.5) is 5.69 Å². The average Bonchev–Trinajstić information content (AvgIpc) is 2.78. The average molecular weight is 417 g/mol. The Morgan fingerprint density at radius 3 is 2.37 bits per heavy atom. The van der Waals surface area contributed by atoms with E-state index in [0.29, 0.717) is 0 Å². The number of rotatable bonds is 6. The number of benzene rings is 3. The van der Waals surface area contributed by atoms with E-state index >= 15 is 0 Å². The van der Waals surface area contributed by atoms with Gasteiger partial charge in [-0.15, -0.1) is 0 Å². The van der Waals surface area contributed by atoms with Gasteiger partial charge >= 0.3 is 0 Å². The summed E-state index contributed by atoms with van der Waals surface area (Å²) < 4.78 is 0. The number of nitrogens with one attached hydrogen (secondary N) is 1. The number of carbonyl (C=O) groups excluding carboxylic acids is 1. The second kappa shape index (κ2) is 9.96. The van der Waals surface area contributed by atoms with Gasteiger partial charge in [-0.25, -0.2) is 0 Å². The zero-order valence-electron chi connectivity index (χ0n) is 17.4. The van der Waals surface area contributed by atoms with Crippen LogP contribution < -0.4 is 5.32 Å². The first-order valence-corrected chi connectivity index (χ1v) is 11.4. The maximum Gasteiger partial charge on any atom is 0.227 e. The topological polar surface area (TPSA) is 32.3 Å². The molecule has 1 amide bonds. The predicted octanol–water partition coefficient (Wildman–Crippen LogP) is 6.00. The number of hydrogen-bond acceptors (Lipinski definition) is 3. The van der Waals surface area contributed by atoms with Crippen molar-refractivity contribution in [3.8, 4) is 0 Å². The smallest absolute Gasteiger partial charge is 0.227 e. The molecule has 1 fully saturated rings. The number of para-hydroxylation sites is 1. The largest absolute Gasteiger partial charge is 0.325 e. The van der Waals surface area contributed by atoms with Crippen molar-refractivity contribution >= 4 is 23.4 Å². The molecule has 30 heavy (non-hydrogen) atoms. The molecular formula is C26H28N2OS. The summed E-state index contributed by atoms with van der Waals surface area (Å²) in [5.41, 5.74) is 3.62. The third-order valence-electron chi connectivity index (χ3n) is 5.73. The Bertz CT molecular complexity index is 981. The second-order valence-electron chi connectivity index (χ2n) is 7.88. The molecule has 0 saturated carbocycles. The quantitative estimate of drug-likeness (QED) is 0.535. The van der Waals surface area contributed by atoms with E-state index in [1.165, 1.54) is 16.0 Å². The molecule has 1 N–H and O–H groups in total. The van der Waals surface area contributed by atoms with Gasteiger partial charge in [0.1, 0.15) is 0 Å². The molecule has 0 bridgehead atoms. The van der Waals surface area contributed by atoms with Gasteiger partial charge in [0.05, 0.1) is 5.69 Å². The third kappa shape index (κ3) is 5.32. The zero-order chi connectivity index (χ0) is 20.8. The molecule has 3 nitrogen and oxygen atoms in total. The van der Waals surface area contributed by atoms with Crippen molar-refractivity contribution in [3.05, 3.63) is 90.0 Å². The molecule has 4 heteroatoms. The summed E-state index contributed by atoms with van der Waals surface area (Å²) in [5.74, 6) is 0.222. The molecule has 0 aromatic heterocycles. The lowest BCUT2D eigenvalue weighted by molar-refractivity contribution is -0.121. The molecule has 1 saturated heterocycles. The van der Waals surface area contributed by atoms with Crippen molar-refractivity contribution in [2.45, 2.75) is 36.1 Å². The number of likely N-dealkylation sites (tertiary alicyclic amines) is 1. The highest BCUT2D eigenvalue weighted by atomic mass is 32.2. The maximum atomic E-state index is 13.0. The van der Waals surface area contributed by atoms with Crippen molar-refractivity contribution in [1.82, 2.24) is 4.90 Å². The van der Waals surface area contributed by atoms with Gasteiger partial charge in [-0.3, -0.25) is 9.69 Å². The minimum atomic E-state index is 0.0768. The van der Waals surface area contributed by atoms with Gasteiger partial charge in [0.2, 0.25) is 5.91 Å². The Morgan fingerprint density at radius 1 is 0.933 bits per heavy atom. The lowest BCUT2D eigenvalue weighted by Crippen LogP contribution is -2.37. The molecule has 3 aromatic carbocycles. The molecule has 154 valence electrons. The monoisotopic (exact) mass is 416 g/mol. The van der Waals surface area contributed by atoms with E-state index in [-0.39, 0.29) is 11.8 Å². The molecule has 4 rings (SSSR count). The Kier molecular flexibility index (Phi) is 6.88. The number of carbonyl (C=O) groups is 1. The molecular weight excluding hydrogens is 388 g/mol. The maximum absolute atomic E-state index is 13.0. The van der Waals surface area contributed by atoms with Crippen LogP contribution in [0.1, 0.15) is 24.0 Å². The van der Waals surface area contributed by atoms with E-state index in [9.17, 15) is 4.79 Å². The van der Waals surface area contributed by atoms with Crippen molar-refractivity contribution in [2.75, 3.05) is 18.4 Å². The summed E-state index contributed by atoms with van der Waals surface area (Å²) in [4.78, 5) is 17.7.